The van der Waals surface area contributed by atoms with Crippen LogP contribution >= 0.6 is 0 Å². The standard InChI is InChI=1S/C25H23N/c26-16-20-6-2-3-7-21(20)19-10-9-18-12-13-23-22-8-4-1-5-17(22)11-14-24(23)25(18)15-19/h1-7,9,11-14,19H,8,10,15-16,26H2. The van der Waals surface area contributed by atoms with Crippen LogP contribution < -0.4 is 16.2 Å². The van der Waals surface area contributed by atoms with Gasteiger partial charge in [-0.2, -0.15) is 0 Å². The predicted molar refractivity (Wildman–Crippen MR) is 110 cm³/mol. The van der Waals surface area contributed by atoms with Crippen molar-refractivity contribution in [3.05, 3.63) is 93.4 Å². The molecule has 0 heterocycles. The summed E-state index contributed by atoms with van der Waals surface area (Å²) < 4.78 is 0. The number of fused-ring (bicyclic) bond motifs is 5. The van der Waals surface area contributed by atoms with Crippen LogP contribution in [0.25, 0.3) is 22.9 Å². The molecule has 1 nitrogen and oxygen atoms in total. The lowest BCUT2D eigenvalue weighted by Crippen LogP contribution is -2.21. The van der Waals surface area contributed by atoms with Gasteiger partial charge in [0, 0.05) is 6.54 Å². The van der Waals surface area contributed by atoms with Crippen molar-refractivity contribution in [1.29, 1.82) is 0 Å². The first-order chi connectivity index (χ1) is 12.8. The number of nitrogens with two attached hydrogens (primary N) is 1. The Hall–Kier alpha value is -2.64. The molecule has 0 saturated heterocycles. The van der Waals surface area contributed by atoms with Crippen LogP contribution in [-0.2, 0) is 19.4 Å². The minimum absolute atomic E-state index is 0.523. The van der Waals surface area contributed by atoms with E-state index >= 15 is 0 Å². The van der Waals surface area contributed by atoms with Crippen LogP contribution in [0.5, 0.6) is 0 Å². The Bertz CT molecular complexity index is 1150. The number of allylic oxidation sites excluding steroid dienone is 2. The third kappa shape index (κ3) is 2.43. The molecule has 1 heteroatoms. The minimum Gasteiger partial charge on any atom is -0.326 e. The average molecular weight is 337 g/mol. The molecule has 3 aromatic carbocycles. The SMILES string of the molecule is NCc1ccccc1C1CC=c2ccc3c4c(ccc3c2C1)=CC=CC4. The highest BCUT2D eigenvalue weighted by atomic mass is 14.5. The van der Waals surface area contributed by atoms with E-state index in [4.69, 9.17) is 5.73 Å². The fourth-order valence-corrected chi connectivity index (χ4v) is 4.68. The van der Waals surface area contributed by atoms with Crippen molar-refractivity contribution in [2.75, 3.05) is 0 Å². The molecule has 0 bridgehead atoms. The highest BCUT2D eigenvalue weighted by Gasteiger charge is 2.20. The molecule has 0 aliphatic heterocycles. The van der Waals surface area contributed by atoms with Crippen molar-refractivity contribution in [2.24, 2.45) is 5.73 Å². The van der Waals surface area contributed by atoms with E-state index in [1.165, 1.54) is 43.5 Å². The summed E-state index contributed by atoms with van der Waals surface area (Å²) in [5, 5.41) is 5.62. The Balaban J connectivity index is 1.66. The molecule has 0 amide bonds. The van der Waals surface area contributed by atoms with Gasteiger partial charge in [0.15, 0.2) is 0 Å². The second kappa shape index (κ2) is 6.26. The van der Waals surface area contributed by atoms with Gasteiger partial charge in [0.05, 0.1) is 0 Å². The summed E-state index contributed by atoms with van der Waals surface area (Å²) >= 11 is 0. The maximum atomic E-state index is 6.00. The summed E-state index contributed by atoms with van der Waals surface area (Å²) in [4.78, 5) is 0. The Morgan fingerprint density at radius 1 is 0.885 bits per heavy atom. The topological polar surface area (TPSA) is 26.0 Å². The molecule has 5 rings (SSSR count). The number of hydrogen-bond donors (Lipinski definition) is 1. The Kier molecular flexibility index (Phi) is 3.76. The number of benzene rings is 3. The van der Waals surface area contributed by atoms with E-state index in [-0.39, 0.29) is 0 Å². The van der Waals surface area contributed by atoms with Crippen LogP contribution in [0.15, 0.2) is 60.7 Å². The molecule has 2 N–H and O–H groups in total. The van der Waals surface area contributed by atoms with Crippen molar-refractivity contribution in [1.82, 2.24) is 0 Å². The fourth-order valence-electron chi connectivity index (χ4n) is 4.68. The van der Waals surface area contributed by atoms with Crippen molar-refractivity contribution in [3.8, 4) is 0 Å². The molecule has 0 saturated carbocycles. The Morgan fingerprint density at radius 2 is 1.69 bits per heavy atom. The van der Waals surface area contributed by atoms with Gasteiger partial charge in [0.2, 0.25) is 0 Å². The lowest BCUT2D eigenvalue weighted by atomic mass is 9.80. The van der Waals surface area contributed by atoms with Gasteiger partial charge in [-0.15, -0.1) is 0 Å². The van der Waals surface area contributed by atoms with Gasteiger partial charge in [-0.25, -0.2) is 0 Å². The third-order valence-corrected chi connectivity index (χ3v) is 6.02. The van der Waals surface area contributed by atoms with Gasteiger partial charge in [-0.3, -0.25) is 0 Å². The molecular formula is C25H23N. The number of rotatable bonds is 2. The molecule has 128 valence electrons. The summed E-state index contributed by atoms with van der Waals surface area (Å²) in [6.45, 7) is 0.616. The van der Waals surface area contributed by atoms with E-state index in [0.29, 0.717) is 12.5 Å². The molecule has 0 radical (unpaired) electrons. The maximum absolute atomic E-state index is 6.00. The highest BCUT2D eigenvalue weighted by Crippen LogP contribution is 2.32. The zero-order valence-corrected chi connectivity index (χ0v) is 14.9. The highest BCUT2D eigenvalue weighted by molar-refractivity contribution is 5.90. The van der Waals surface area contributed by atoms with E-state index in [9.17, 15) is 0 Å². The van der Waals surface area contributed by atoms with Gasteiger partial charge in [0.25, 0.3) is 0 Å². The molecule has 26 heavy (non-hydrogen) atoms. The van der Waals surface area contributed by atoms with Gasteiger partial charge in [-0.1, -0.05) is 72.8 Å². The second-order valence-corrected chi connectivity index (χ2v) is 7.40. The minimum atomic E-state index is 0.523. The van der Waals surface area contributed by atoms with Crippen LogP contribution in [-0.4, -0.2) is 0 Å². The van der Waals surface area contributed by atoms with Gasteiger partial charge < -0.3 is 5.73 Å². The molecule has 1 atom stereocenters. The molecule has 3 aromatic rings. The van der Waals surface area contributed by atoms with E-state index in [2.05, 4.69) is 72.8 Å². The quantitative estimate of drug-likeness (QED) is 0.758. The first-order valence-electron chi connectivity index (χ1n) is 9.53. The molecule has 0 aromatic heterocycles. The summed E-state index contributed by atoms with van der Waals surface area (Å²) in [6.07, 6.45) is 12.3. The molecule has 2 aliphatic carbocycles. The van der Waals surface area contributed by atoms with Gasteiger partial charge in [0.1, 0.15) is 0 Å². The Labute approximate surface area is 154 Å². The predicted octanol–water partition coefficient (Wildman–Crippen LogP) is 3.70. The van der Waals surface area contributed by atoms with Gasteiger partial charge in [-0.05, 0) is 68.6 Å². The largest absolute Gasteiger partial charge is 0.326 e. The van der Waals surface area contributed by atoms with E-state index in [0.717, 1.165) is 19.3 Å². The van der Waals surface area contributed by atoms with Crippen molar-refractivity contribution >= 4 is 22.9 Å². The van der Waals surface area contributed by atoms with Crippen molar-refractivity contribution < 1.29 is 0 Å². The van der Waals surface area contributed by atoms with E-state index < -0.39 is 0 Å². The van der Waals surface area contributed by atoms with Crippen LogP contribution in [0.1, 0.15) is 34.6 Å². The van der Waals surface area contributed by atoms with Crippen molar-refractivity contribution in [2.45, 2.75) is 31.7 Å². The summed E-state index contributed by atoms with van der Waals surface area (Å²) in [6, 6.07) is 17.9. The summed E-state index contributed by atoms with van der Waals surface area (Å²) in [7, 11) is 0. The van der Waals surface area contributed by atoms with Crippen molar-refractivity contribution in [3.63, 3.8) is 0 Å². The summed E-state index contributed by atoms with van der Waals surface area (Å²) in [5.74, 6) is 0.523. The van der Waals surface area contributed by atoms with Crippen LogP contribution in [0.3, 0.4) is 0 Å². The third-order valence-electron chi connectivity index (χ3n) is 6.02. The monoisotopic (exact) mass is 337 g/mol. The fraction of sp³-hybridized carbons (Fsp3) is 0.200. The van der Waals surface area contributed by atoms with Crippen LogP contribution in [0, 0.1) is 0 Å². The Morgan fingerprint density at radius 3 is 2.58 bits per heavy atom. The zero-order chi connectivity index (χ0) is 17.5. The molecule has 1 unspecified atom stereocenters. The summed E-state index contributed by atoms with van der Waals surface area (Å²) in [5.41, 5.74) is 11.7. The van der Waals surface area contributed by atoms with E-state index in [1.807, 2.05) is 0 Å². The lowest BCUT2D eigenvalue weighted by molar-refractivity contribution is 0.688. The molecule has 0 fully saturated rings. The van der Waals surface area contributed by atoms with Crippen LogP contribution in [0.4, 0.5) is 0 Å². The normalized spacial score (nSPS) is 18.0. The smallest absolute Gasteiger partial charge is 0.0180 e. The first kappa shape index (κ1) is 15.6. The zero-order valence-electron chi connectivity index (χ0n) is 14.9. The maximum Gasteiger partial charge on any atom is 0.0180 e. The number of hydrogen-bond acceptors (Lipinski definition) is 1. The van der Waals surface area contributed by atoms with Gasteiger partial charge >= 0.3 is 0 Å². The molecule has 2 aliphatic rings. The molecular weight excluding hydrogens is 314 g/mol. The van der Waals surface area contributed by atoms with E-state index in [1.54, 1.807) is 0 Å². The van der Waals surface area contributed by atoms with Crippen LogP contribution in [0.2, 0.25) is 0 Å². The average Bonchev–Trinajstić information content (AvgIpc) is 2.72. The first-order valence-corrected chi connectivity index (χ1v) is 9.53. The second-order valence-electron chi connectivity index (χ2n) is 7.40. The lowest BCUT2D eigenvalue weighted by Gasteiger charge is -2.24. The molecule has 0 spiro atoms.